The lowest BCUT2D eigenvalue weighted by Crippen LogP contribution is -2.34. The summed E-state index contributed by atoms with van der Waals surface area (Å²) >= 11 is 0. The summed E-state index contributed by atoms with van der Waals surface area (Å²) in [5, 5.41) is 3.44. The van der Waals surface area contributed by atoms with Gasteiger partial charge in [-0.15, -0.1) is 0 Å². The molecule has 2 bridgehead atoms. The molecule has 2 fully saturated rings. The second-order valence-electron chi connectivity index (χ2n) is 6.45. The minimum absolute atomic E-state index is 0.842. The normalized spacial score (nSPS) is 29.5. The van der Waals surface area contributed by atoms with Crippen LogP contribution in [0.4, 0.5) is 0 Å². The Morgan fingerprint density at radius 1 is 1.37 bits per heavy atom. The van der Waals surface area contributed by atoms with E-state index in [1.165, 1.54) is 32.2 Å². The second kappa shape index (κ2) is 6.10. The molecule has 3 nitrogen and oxygen atoms in total. The van der Waals surface area contributed by atoms with Crippen LogP contribution in [-0.4, -0.2) is 31.6 Å². The van der Waals surface area contributed by atoms with Crippen molar-refractivity contribution in [2.24, 2.45) is 17.8 Å². The minimum atomic E-state index is 0.842. The van der Waals surface area contributed by atoms with Crippen LogP contribution in [-0.2, 0) is 6.54 Å². The molecule has 0 amide bonds. The Morgan fingerprint density at radius 2 is 2.32 bits per heavy atom. The molecule has 0 spiro atoms. The summed E-state index contributed by atoms with van der Waals surface area (Å²) in [6.07, 6.45) is 7.76. The van der Waals surface area contributed by atoms with Gasteiger partial charge in [-0.2, -0.15) is 0 Å². The smallest absolute Gasteiger partial charge is 0.117 e. The van der Waals surface area contributed by atoms with Crippen molar-refractivity contribution in [3.63, 3.8) is 0 Å². The zero-order valence-electron chi connectivity index (χ0n) is 12.0. The van der Waals surface area contributed by atoms with Crippen molar-refractivity contribution < 1.29 is 4.42 Å². The summed E-state index contributed by atoms with van der Waals surface area (Å²) in [7, 11) is 2.26. The first-order chi connectivity index (χ1) is 9.31. The van der Waals surface area contributed by atoms with Crippen LogP contribution >= 0.6 is 0 Å². The SMILES string of the molecule is CN(CCNCc1ccco1)CC1CC2CCC1C2. The van der Waals surface area contributed by atoms with E-state index < -0.39 is 0 Å². The second-order valence-corrected chi connectivity index (χ2v) is 6.45. The van der Waals surface area contributed by atoms with E-state index >= 15 is 0 Å². The van der Waals surface area contributed by atoms with Crippen molar-refractivity contribution in [3.8, 4) is 0 Å². The van der Waals surface area contributed by atoms with Gasteiger partial charge >= 0.3 is 0 Å². The van der Waals surface area contributed by atoms with Crippen LogP contribution in [0.25, 0.3) is 0 Å². The molecule has 3 unspecified atom stereocenters. The fourth-order valence-corrected chi connectivity index (χ4v) is 3.99. The van der Waals surface area contributed by atoms with Crippen molar-refractivity contribution in [1.29, 1.82) is 0 Å². The van der Waals surface area contributed by atoms with Gasteiger partial charge in [0.05, 0.1) is 12.8 Å². The van der Waals surface area contributed by atoms with Crippen LogP contribution in [0.2, 0.25) is 0 Å². The molecule has 106 valence electrons. The van der Waals surface area contributed by atoms with E-state index in [2.05, 4.69) is 17.3 Å². The quantitative estimate of drug-likeness (QED) is 0.766. The predicted molar refractivity (Wildman–Crippen MR) is 76.8 cm³/mol. The summed E-state index contributed by atoms with van der Waals surface area (Å²) < 4.78 is 5.31. The number of rotatable bonds is 7. The van der Waals surface area contributed by atoms with Gasteiger partial charge in [0.25, 0.3) is 0 Å². The van der Waals surface area contributed by atoms with Crippen LogP contribution in [0, 0.1) is 17.8 Å². The third-order valence-corrected chi connectivity index (χ3v) is 4.98. The van der Waals surface area contributed by atoms with Gasteiger partial charge in [-0.05, 0) is 56.2 Å². The minimum Gasteiger partial charge on any atom is -0.468 e. The molecule has 19 heavy (non-hydrogen) atoms. The van der Waals surface area contributed by atoms with E-state index in [1.807, 2.05) is 12.1 Å². The largest absolute Gasteiger partial charge is 0.468 e. The zero-order valence-corrected chi connectivity index (χ0v) is 12.0. The Kier molecular flexibility index (Phi) is 4.24. The van der Waals surface area contributed by atoms with Crippen molar-refractivity contribution in [3.05, 3.63) is 24.2 Å². The molecule has 3 atom stereocenters. The van der Waals surface area contributed by atoms with Gasteiger partial charge in [-0.1, -0.05) is 6.42 Å². The Labute approximate surface area is 116 Å². The first kappa shape index (κ1) is 13.2. The van der Waals surface area contributed by atoms with E-state index in [0.717, 1.165) is 43.1 Å². The van der Waals surface area contributed by atoms with Crippen molar-refractivity contribution >= 4 is 0 Å². The number of hydrogen-bond acceptors (Lipinski definition) is 3. The summed E-state index contributed by atoms with van der Waals surface area (Å²) in [5.41, 5.74) is 0. The molecule has 0 aromatic carbocycles. The molecular weight excluding hydrogens is 236 g/mol. The number of nitrogens with zero attached hydrogens (tertiary/aromatic N) is 1. The van der Waals surface area contributed by atoms with Gasteiger partial charge in [0.1, 0.15) is 5.76 Å². The number of nitrogens with one attached hydrogen (secondary N) is 1. The highest BCUT2D eigenvalue weighted by Gasteiger charge is 2.39. The van der Waals surface area contributed by atoms with E-state index in [-0.39, 0.29) is 0 Å². The molecule has 0 radical (unpaired) electrons. The Balaban J connectivity index is 1.30. The number of hydrogen-bond donors (Lipinski definition) is 1. The maximum Gasteiger partial charge on any atom is 0.117 e. The van der Waals surface area contributed by atoms with Crippen LogP contribution in [0.15, 0.2) is 22.8 Å². The lowest BCUT2D eigenvalue weighted by molar-refractivity contribution is 0.219. The number of furan rings is 1. The molecule has 0 saturated heterocycles. The summed E-state index contributed by atoms with van der Waals surface area (Å²) in [6.45, 7) is 4.31. The number of likely N-dealkylation sites (N-methyl/N-ethyl adjacent to an activating group) is 1. The van der Waals surface area contributed by atoms with Gasteiger partial charge in [0, 0.05) is 19.6 Å². The number of fused-ring (bicyclic) bond motifs is 2. The van der Waals surface area contributed by atoms with E-state index in [4.69, 9.17) is 4.42 Å². The monoisotopic (exact) mass is 262 g/mol. The summed E-state index contributed by atoms with van der Waals surface area (Å²) in [5.74, 6) is 4.12. The Bertz CT molecular complexity index is 376. The molecule has 2 aliphatic carbocycles. The molecule has 1 heterocycles. The van der Waals surface area contributed by atoms with E-state index in [0.29, 0.717) is 0 Å². The lowest BCUT2D eigenvalue weighted by atomic mass is 9.88. The lowest BCUT2D eigenvalue weighted by Gasteiger charge is -2.27. The fraction of sp³-hybridized carbons (Fsp3) is 0.750. The molecule has 1 aromatic heterocycles. The molecule has 1 N–H and O–H groups in total. The van der Waals surface area contributed by atoms with Gasteiger partial charge < -0.3 is 14.6 Å². The third-order valence-electron chi connectivity index (χ3n) is 4.98. The van der Waals surface area contributed by atoms with Crippen LogP contribution in [0.5, 0.6) is 0 Å². The average molecular weight is 262 g/mol. The van der Waals surface area contributed by atoms with E-state index in [9.17, 15) is 0 Å². The van der Waals surface area contributed by atoms with Gasteiger partial charge in [-0.3, -0.25) is 0 Å². The predicted octanol–water partition coefficient (Wildman–Crippen LogP) is 2.74. The van der Waals surface area contributed by atoms with Gasteiger partial charge in [0.2, 0.25) is 0 Å². The standard InChI is InChI=1S/C16H26N2O/c1-18(7-6-17-11-16-3-2-8-19-16)12-15-10-13-4-5-14(15)9-13/h2-3,8,13-15,17H,4-7,9-12H2,1H3. The summed E-state index contributed by atoms with van der Waals surface area (Å²) in [4.78, 5) is 2.50. The van der Waals surface area contributed by atoms with Crippen molar-refractivity contribution in [2.75, 3.05) is 26.7 Å². The molecule has 3 rings (SSSR count). The molecule has 1 aromatic rings. The first-order valence-corrected chi connectivity index (χ1v) is 7.73. The molecule has 0 aliphatic heterocycles. The zero-order chi connectivity index (χ0) is 13.1. The highest BCUT2D eigenvalue weighted by molar-refractivity contribution is 4.97. The fourth-order valence-electron chi connectivity index (χ4n) is 3.99. The van der Waals surface area contributed by atoms with Gasteiger partial charge in [0.15, 0.2) is 0 Å². The first-order valence-electron chi connectivity index (χ1n) is 7.73. The van der Waals surface area contributed by atoms with Crippen LogP contribution in [0.3, 0.4) is 0 Å². The Morgan fingerprint density at radius 3 is 3.00 bits per heavy atom. The summed E-state index contributed by atoms with van der Waals surface area (Å²) in [6, 6.07) is 3.96. The van der Waals surface area contributed by atoms with Crippen molar-refractivity contribution in [1.82, 2.24) is 10.2 Å². The Hall–Kier alpha value is -0.800. The van der Waals surface area contributed by atoms with Crippen LogP contribution < -0.4 is 5.32 Å². The average Bonchev–Trinajstić information content (AvgIpc) is 3.11. The highest BCUT2D eigenvalue weighted by atomic mass is 16.3. The maximum atomic E-state index is 5.31. The van der Waals surface area contributed by atoms with Crippen LogP contribution in [0.1, 0.15) is 31.4 Å². The highest BCUT2D eigenvalue weighted by Crippen LogP contribution is 2.48. The topological polar surface area (TPSA) is 28.4 Å². The van der Waals surface area contributed by atoms with Gasteiger partial charge in [-0.25, -0.2) is 0 Å². The molecule has 3 heteroatoms. The third kappa shape index (κ3) is 3.40. The molecular formula is C16H26N2O. The molecule has 2 saturated carbocycles. The molecule has 2 aliphatic rings. The maximum absolute atomic E-state index is 5.31. The van der Waals surface area contributed by atoms with Crippen molar-refractivity contribution in [2.45, 2.75) is 32.2 Å². The van der Waals surface area contributed by atoms with E-state index in [1.54, 1.807) is 6.26 Å².